The predicted molar refractivity (Wildman–Crippen MR) is 93.2 cm³/mol. The number of pyridine rings is 1. The molecule has 134 valence electrons. The molecular formula is C19H25N3O3. The van der Waals surface area contributed by atoms with Gasteiger partial charge in [0.05, 0.1) is 12.7 Å². The zero-order valence-corrected chi connectivity index (χ0v) is 14.6. The average Bonchev–Trinajstić information content (AvgIpc) is 3.37. The number of nitrogens with one attached hydrogen (secondary N) is 1. The highest BCUT2D eigenvalue weighted by atomic mass is 16.5. The molecule has 1 N–H and O–H groups in total. The minimum atomic E-state index is -0.463. The number of esters is 1. The van der Waals surface area contributed by atoms with E-state index in [1.807, 2.05) is 12.1 Å². The van der Waals surface area contributed by atoms with Crippen molar-refractivity contribution in [3.8, 4) is 0 Å². The molecule has 2 heterocycles. The molecule has 6 nitrogen and oxygen atoms in total. The van der Waals surface area contributed by atoms with Crippen LogP contribution >= 0.6 is 0 Å². The molecule has 6 heteroatoms. The van der Waals surface area contributed by atoms with Crippen molar-refractivity contribution in [3.05, 3.63) is 23.9 Å². The smallest absolute Gasteiger partial charge is 0.328 e. The summed E-state index contributed by atoms with van der Waals surface area (Å²) in [7, 11) is 1.40. The monoisotopic (exact) mass is 343 g/mol. The Labute approximate surface area is 147 Å². The molecular weight excluding hydrogens is 318 g/mol. The second kappa shape index (κ2) is 6.65. The van der Waals surface area contributed by atoms with Crippen molar-refractivity contribution in [2.24, 2.45) is 5.92 Å². The lowest BCUT2D eigenvalue weighted by molar-refractivity contribution is -0.145. The second-order valence-electron chi connectivity index (χ2n) is 7.45. The number of anilines is 1. The number of hydrogen-bond acceptors (Lipinski definition) is 5. The zero-order valence-electron chi connectivity index (χ0n) is 14.6. The van der Waals surface area contributed by atoms with E-state index in [1.54, 1.807) is 11.1 Å². The van der Waals surface area contributed by atoms with Crippen molar-refractivity contribution in [1.29, 1.82) is 0 Å². The number of hydrogen-bond donors (Lipinski definition) is 1. The maximum Gasteiger partial charge on any atom is 0.328 e. The number of likely N-dealkylation sites (tertiary alicyclic amines) is 1. The van der Waals surface area contributed by atoms with Crippen LogP contribution in [0.1, 0.15) is 55.3 Å². The van der Waals surface area contributed by atoms with Gasteiger partial charge in [-0.25, -0.2) is 9.78 Å². The Bertz CT molecular complexity index is 656. The van der Waals surface area contributed by atoms with E-state index in [2.05, 4.69) is 10.3 Å². The van der Waals surface area contributed by atoms with Crippen molar-refractivity contribution in [2.75, 3.05) is 12.4 Å². The van der Waals surface area contributed by atoms with E-state index in [-0.39, 0.29) is 17.9 Å². The summed E-state index contributed by atoms with van der Waals surface area (Å²) in [5, 5.41) is 3.32. The highest BCUT2D eigenvalue weighted by Crippen LogP contribution is 2.40. The van der Waals surface area contributed by atoms with E-state index in [9.17, 15) is 9.59 Å². The number of rotatable bonds is 4. The van der Waals surface area contributed by atoms with E-state index >= 15 is 0 Å². The van der Waals surface area contributed by atoms with Gasteiger partial charge < -0.3 is 15.0 Å². The van der Waals surface area contributed by atoms with E-state index in [1.165, 1.54) is 26.4 Å². The van der Waals surface area contributed by atoms with Crippen LogP contribution < -0.4 is 5.32 Å². The summed E-state index contributed by atoms with van der Waals surface area (Å²) in [6.07, 6.45) is 9.06. The molecule has 1 saturated heterocycles. The molecule has 3 aliphatic rings. The average molecular weight is 343 g/mol. The summed E-state index contributed by atoms with van der Waals surface area (Å²) in [6, 6.07) is 3.88. The molecule has 2 saturated carbocycles. The van der Waals surface area contributed by atoms with Crippen molar-refractivity contribution >= 4 is 17.7 Å². The van der Waals surface area contributed by atoms with E-state index in [0.717, 1.165) is 31.5 Å². The van der Waals surface area contributed by atoms with Crippen LogP contribution in [0.5, 0.6) is 0 Å². The molecule has 2 aliphatic carbocycles. The number of carbonyl (C=O) groups is 2. The summed E-state index contributed by atoms with van der Waals surface area (Å²) in [6.45, 7) is 0. The first-order valence-electron chi connectivity index (χ1n) is 9.30. The van der Waals surface area contributed by atoms with Crippen molar-refractivity contribution in [3.63, 3.8) is 0 Å². The first kappa shape index (κ1) is 16.4. The van der Waals surface area contributed by atoms with Gasteiger partial charge in [-0.15, -0.1) is 0 Å². The number of carbonyl (C=O) groups excluding carboxylic acids is 2. The molecule has 0 bridgehead atoms. The van der Waals surface area contributed by atoms with E-state index < -0.39 is 6.04 Å². The van der Waals surface area contributed by atoms with Gasteiger partial charge in [0, 0.05) is 18.3 Å². The first-order valence-corrected chi connectivity index (χ1v) is 9.30. The van der Waals surface area contributed by atoms with Crippen LogP contribution in [0, 0.1) is 5.92 Å². The largest absolute Gasteiger partial charge is 0.467 e. The third kappa shape index (κ3) is 3.22. The summed E-state index contributed by atoms with van der Waals surface area (Å²) in [5.41, 5.74) is 0.543. The van der Waals surface area contributed by atoms with Gasteiger partial charge in [0.1, 0.15) is 11.9 Å². The zero-order chi connectivity index (χ0) is 17.4. The summed E-state index contributed by atoms with van der Waals surface area (Å²) < 4.78 is 4.97. The summed E-state index contributed by atoms with van der Waals surface area (Å²) >= 11 is 0. The molecule has 1 amide bonds. The Hall–Kier alpha value is -2.11. The third-order valence-corrected chi connectivity index (χ3v) is 5.74. The minimum absolute atomic E-state index is 0.102. The molecule has 0 radical (unpaired) electrons. The SMILES string of the molecule is COC(=O)[C@@H]1C[C@@H]2CCCC[C@@H]2N1C(=O)c1ccc(NC2CC2)nc1. The van der Waals surface area contributed by atoms with Gasteiger partial charge in [0.2, 0.25) is 0 Å². The van der Waals surface area contributed by atoms with Crippen LogP contribution in [0.15, 0.2) is 18.3 Å². The van der Waals surface area contributed by atoms with Crippen LogP contribution in [0.2, 0.25) is 0 Å². The second-order valence-corrected chi connectivity index (χ2v) is 7.45. The third-order valence-electron chi connectivity index (χ3n) is 5.74. The van der Waals surface area contributed by atoms with Gasteiger partial charge in [0.15, 0.2) is 0 Å². The van der Waals surface area contributed by atoms with Gasteiger partial charge in [0.25, 0.3) is 5.91 Å². The molecule has 0 unspecified atom stereocenters. The van der Waals surface area contributed by atoms with Crippen molar-refractivity contribution in [1.82, 2.24) is 9.88 Å². The molecule has 1 aromatic heterocycles. The van der Waals surface area contributed by atoms with Gasteiger partial charge >= 0.3 is 5.97 Å². The fraction of sp³-hybridized carbons (Fsp3) is 0.632. The molecule has 1 aliphatic heterocycles. The van der Waals surface area contributed by atoms with E-state index in [4.69, 9.17) is 4.74 Å². The van der Waals surface area contributed by atoms with Gasteiger partial charge in [-0.2, -0.15) is 0 Å². The van der Waals surface area contributed by atoms with Crippen LogP contribution in [0.25, 0.3) is 0 Å². The quantitative estimate of drug-likeness (QED) is 0.851. The van der Waals surface area contributed by atoms with E-state index in [0.29, 0.717) is 17.5 Å². The summed E-state index contributed by atoms with van der Waals surface area (Å²) in [5.74, 6) is 0.809. The van der Waals surface area contributed by atoms with Crippen LogP contribution in [0.3, 0.4) is 0 Å². The molecule has 3 atom stereocenters. The van der Waals surface area contributed by atoms with Gasteiger partial charge in [-0.05, 0) is 50.2 Å². The number of ether oxygens (including phenoxy) is 1. The maximum atomic E-state index is 13.1. The lowest BCUT2D eigenvalue weighted by atomic mass is 9.84. The molecule has 3 fully saturated rings. The molecule has 1 aromatic rings. The number of methoxy groups -OCH3 is 1. The van der Waals surface area contributed by atoms with Crippen LogP contribution in [0.4, 0.5) is 5.82 Å². The number of amides is 1. The Morgan fingerprint density at radius 1 is 1.20 bits per heavy atom. The lowest BCUT2D eigenvalue weighted by Gasteiger charge is -2.33. The van der Waals surface area contributed by atoms with Crippen LogP contribution in [-0.4, -0.2) is 47.0 Å². The lowest BCUT2D eigenvalue weighted by Crippen LogP contribution is -2.46. The Balaban J connectivity index is 1.55. The minimum Gasteiger partial charge on any atom is -0.467 e. The standard InChI is InChI=1S/C19H25N3O3/c1-25-19(24)16-10-12-4-2-3-5-15(12)22(16)18(23)13-6-9-17(20-11-13)21-14-7-8-14/h6,9,11-12,14-16H,2-5,7-8,10H2,1H3,(H,20,21)/t12-,15-,16-/m0/s1. The van der Waals surface area contributed by atoms with Gasteiger partial charge in [-0.1, -0.05) is 12.8 Å². The topological polar surface area (TPSA) is 71.5 Å². The van der Waals surface area contributed by atoms with Crippen molar-refractivity contribution < 1.29 is 14.3 Å². The number of aromatic nitrogens is 1. The number of fused-ring (bicyclic) bond motifs is 1. The fourth-order valence-corrected chi connectivity index (χ4v) is 4.29. The summed E-state index contributed by atoms with van der Waals surface area (Å²) in [4.78, 5) is 31.5. The molecule has 4 rings (SSSR count). The predicted octanol–water partition coefficient (Wildman–Crippen LogP) is 2.60. The highest BCUT2D eigenvalue weighted by Gasteiger charge is 2.48. The maximum absolute atomic E-state index is 13.1. The first-order chi connectivity index (χ1) is 12.2. The Kier molecular flexibility index (Phi) is 4.36. The van der Waals surface area contributed by atoms with Crippen LogP contribution in [-0.2, 0) is 9.53 Å². The molecule has 0 aromatic carbocycles. The number of nitrogens with zero attached hydrogens (tertiary/aromatic N) is 2. The Morgan fingerprint density at radius 2 is 2.00 bits per heavy atom. The molecule has 25 heavy (non-hydrogen) atoms. The highest BCUT2D eigenvalue weighted by molar-refractivity contribution is 5.97. The fourth-order valence-electron chi connectivity index (χ4n) is 4.29. The van der Waals surface area contributed by atoms with Crippen molar-refractivity contribution in [2.45, 2.75) is 63.1 Å². The van der Waals surface area contributed by atoms with Gasteiger partial charge in [-0.3, -0.25) is 4.79 Å². The normalized spacial score (nSPS) is 28.4. The molecule has 0 spiro atoms. The Morgan fingerprint density at radius 3 is 2.68 bits per heavy atom.